The number of anilines is 1. The summed E-state index contributed by atoms with van der Waals surface area (Å²) < 4.78 is 0. The molecule has 2 unspecified atom stereocenters. The predicted molar refractivity (Wildman–Crippen MR) is 74.4 cm³/mol. The van der Waals surface area contributed by atoms with Crippen LogP contribution in [0.25, 0.3) is 0 Å². The van der Waals surface area contributed by atoms with Gasteiger partial charge in [0.2, 0.25) is 0 Å². The van der Waals surface area contributed by atoms with Gasteiger partial charge in [-0.3, -0.25) is 0 Å². The van der Waals surface area contributed by atoms with Crippen LogP contribution in [0.1, 0.15) is 25.3 Å². The highest BCUT2D eigenvalue weighted by molar-refractivity contribution is 5.44. The van der Waals surface area contributed by atoms with E-state index in [1.165, 1.54) is 11.3 Å². The lowest BCUT2D eigenvalue weighted by Gasteiger charge is -2.22. The van der Waals surface area contributed by atoms with Gasteiger partial charge < -0.3 is 5.32 Å². The van der Waals surface area contributed by atoms with Gasteiger partial charge >= 0.3 is 0 Å². The number of hydrogen-bond acceptors (Lipinski definition) is 1. The molecule has 2 aromatic rings. The Morgan fingerprint density at radius 2 is 1.29 bits per heavy atom. The molecule has 0 fully saturated rings. The van der Waals surface area contributed by atoms with Gasteiger partial charge in [0, 0.05) is 17.6 Å². The molecule has 0 saturated heterocycles. The van der Waals surface area contributed by atoms with Crippen LogP contribution in [0.15, 0.2) is 60.7 Å². The minimum absolute atomic E-state index is 0.416. The zero-order chi connectivity index (χ0) is 12.1. The molecule has 0 aliphatic rings. The minimum atomic E-state index is 0.416. The highest BCUT2D eigenvalue weighted by Gasteiger charge is 2.13. The summed E-state index contributed by atoms with van der Waals surface area (Å²) in [5.74, 6) is 0.497. The summed E-state index contributed by atoms with van der Waals surface area (Å²) in [4.78, 5) is 0. The van der Waals surface area contributed by atoms with Crippen molar-refractivity contribution in [1.29, 1.82) is 0 Å². The highest BCUT2D eigenvalue weighted by atomic mass is 14.9. The van der Waals surface area contributed by atoms with Gasteiger partial charge in [-0.25, -0.2) is 0 Å². The smallest absolute Gasteiger partial charge is 0.0342 e. The number of hydrogen-bond donors (Lipinski definition) is 1. The molecule has 0 spiro atoms. The fraction of sp³-hybridized carbons (Fsp3) is 0.250. The van der Waals surface area contributed by atoms with Gasteiger partial charge in [-0.05, 0) is 24.6 Å². The first-order chi connectivity index (χ1) is 8.27. The molecule has 2 rings (SSSR count). The molecular weight excluding hydrogens is 206 g/mol. The van der Waals surface area contributed by atoms with E-state index in [0.717, 1.165) is 0 Å². The molecule has 2 aromatic carbocycles. The van der Waals surface area contributed by atoms with Gasteiger partial charge in [0.05, 0.1) is 0 Å². The van der Waals surface area contributed by atoms with Crippen molar-refractivity contribution in [2.45, 2.75) is 25.8 Å². The molecule has 88 valence electrons. The molecule has 0 bridgehead atoms. The maximum atomic E-state index is 3.54. The molecule has 0 aromatic heterocycles. The van der Waals surface area contributed by atoms with E-state index in [4.69, 9.17) is 0 Å². The quantitative estimate of drug-likeness (QED) is 0.818. The minimum Gasteiger partial charge on any atom is -0.382 e. The van der Waals surface area contributed by atoms with Crippen molar-refractivity contribution in [1.82, 2.24) is 0 Å². The van der Waals surface area contributed by atoms with E-state index in [9.17, 15) is 0 Å². The molecule has 0 radical (unpaired) electrons. The lowest BCUT2D eigenvalue weighted by Crippen LogP contribution is -2.22. The summed E-state index contributed by atoms with van der Waals surface area (Å²) in [5, 5.41) is 3.54. The molecule has 0 heterocycles. The third-order valence-electron chi connectivity index (χ3n) is 3.24. The van der Waals surface area contributed by atoms with Crippen LogP contribution in [0.2, 0.25) is 0 Å². The largest absolute Gasteiger partial charge is 0.382 e. The maximum Gasteiger partial charge on any atom is 0.0342 e. The van der Waals surface area contributed by atoms with Crippen molar-refractivity contribution in [2.24, 2.45) is 0 Å². The maximum absolute atomic E-state index is 3.54. The second-order valence-electron chi connectivity index (χ2n) is 4.50. The van der Waals surface area contributed by atoms with Crippen molar-refractivity contribution in [3.05, 3.63) is 66.2 Å². The van der Waals surface area contributed by atoms with Gasteiger partial charge in [-0.15, -0.1) is 0 Å². The zero-order valence-electron chi connectivity index (χ0n) is 10.4. The Hall–Kier alpha value is -1.76. The van der Waals surface area contributed by atoms with E-state index in [1.807, 2.05) is 6.07 Å². The number of rotatable bonds is 4. The summed E-state index contributed by atoms with van der Waals surface area (Å²) in [5.41, 5.74) is 2.56. The normalized spacial score (nSPS) is 14.0. The van der Waals surface area contributed by atoms with Crippen LogP contribution in [0.3, 0.4) is 0 Å². The molecule has 2 atom stereocenters. The Morgan fingerprint density at radius 3 is 1.88 bits per heavy atom. The fourth-order valence-electron chi connectivity index (χ4n) is 1.97. The molecular formula is C16H19N. The first-order valence-corrected chi connectivity index (χ1v) is 6.14. The molecule has 1 N–H and O–H groups in total. The Kier molecular flexibility index (Phi) is 3.81. The summed E-state index contributed by atoms with van der Waals surface area (Å²) in [6, 6.07) is 21.4. The third-order valence-corrected chi connectivity index (χ3v) is 3.24. The van der Waals surface area contributed by atoms with E-state index >= 15 is 0 Å². The summed E-state index contributed by atoms with van der Waals surface area (Å²) in [6.07, 6.45) is 0. The van der Waals surface area contributed by atoms with E-state index in [0.29, 0.717) is 12.0 Å². The van der Waals surface area contributed by atoms with Crippen LogP contribution in [-0.2, 0) is 0 Å². The fourth-order valence-corrected chi connectivity index (χ4v) is 1.97. The lowest BCUT2D eigenvalue weighted by atomic mass is 9.94. The standard InChI is InChI=1S/C16H19N/c1-13(15-9-5-3-6-10-15)14(2)17-16-11-7-4-8-12-16/h3-14,17H,1-2H3. The van der Waals surface area contributed by atoms with Crippen LogP contribution >= 0.6 is 0 Å². The molecule has 17 heavy (non-hydrogen) atoms. The summed E-state index contributed by atoms with van der Waals surface area (Å²) in [6.45, 7) is 4.49. The monoisotopic (exact) mass is 225 g/mol. The second-order valence-corrected chi connectivity index (χ2v) is 4.50. The average Bonchev–Trinajstić information content (AvgIpc) is 2.40. The van der Waals surface area contributed by atoms with Crippen LogP contribution < -0.4 is 5.32 Å². The molecule has 0 amide bonds. The zero-order valence-corrected chi connectivity index (χ0v) is 10.4. The van der Waals surface area contributed by atoms with Crippen LogP contribution in [-0.4, -0.2) is 6.04 Å². The van der Waals surface area contributed by atoms with Gasteiger partial charge in [0.1, 0.15) is 0 Å². The first kappa shape index (κ1) is 11.7. The number of nitrogens with one attached hydrogen (secondary N) is 1. The van der Waals surface area contributed by atoms with Crippen LogP contribution in [0.4, 0.5) is 5.69 Å². The van der Waals surface area contributed by atoms with Crippen molar-refractivity contribution in [3.63, 3.8) is 0 Å². The second kappa shape index (κ2) is 5.53. The van der Waals surface area contributed by atoms with E-state index in [1.54, 1.807) is 0 Å². The van der Waals surface area contributed by atoms with Crippen molar-refractivity contribution in [3.8, 4) is 0 Å². The van der Waals surface area contributed by atoms with E-state index in [-0.39, 0.29) is 0 Å². The van der Waals surface area contributed by atoms with Gasteiger partial charge in [0.15, 0.2) is 0 Å². The van der Waals surface area contributed by atoms with Gasteiger partial charge in [0.25, 0.3) is 0 Å². The number of benzene rings is 2. The SMILES string of the molecule is CC(Nc1ccccc1)C(C)c1ccccc1. The molecule has 1 heteroatoms. The van der Waals surface area contributed by atoms with Crippen molar-refractivity contribution in [2.75, 3.05) is 5.32 Å². The molecule has 0 saturated carbocycles. The molecule has 0 aliphatic heterocycles. The third kappa shape index (κ3) is 3.10. The van der Waals surface area contributed by atoms with Crippen molar-refractivity contribution >= 4 is 5.69 Å². The van der Waals surface area contributed by atoms with Gasteiger partial charge in [-0.1, -0.05) is 55.5 Å². The topological polar surface area (TPSA) is 12.0 Å². The Labute approximate surface area is 103 Å². The Morgan fingerprint density at radius 1 is 0.765 bits per heavy atom. The predicted octanol–water partition coefficient (Wildman–Crippen LogP) is 4.29. The molecule has 1 nitrogen and oxygen atoms in total. The van der Waals surface area contributed by atoms with E-state index < -0.39 is 0 Å². The highest BCUT2D eigenvalue weighted by Crippen LogP contribution is 2.21. The number of para-hydroxylation sites is 1. The first-order valence-electron chi connectivity index (χ1n) is 6.14. The van der Waals surface area contributed by atoms with Crippen molar-refractivity contribution < 1.29 is 0 Å². The molecule has 0 aliphatic carbocycles. The lowest BCUT2D eigenvalue weighted by molar-refractivity contribution is 0.650. The Bertz CT molecular complexity index is 436. The van der Waals surface area contributed by atoms with Crippen LogP contribution in [0.5, 0.6) is 0 Å². The van der Waals surface area contributed by atoms with E-state index in [2.05, 4.69) is 73.8 Å². The van der Waals surface area contributed by atoms with Crippen LogP contribution in [0, 0.1) is 0 Å². The summed E-state index contributed by atoms with van der Waals surface area (Å²) in [7, 11) is 0. The average molecular weight is 225 g/mol. The van der Waals surface area contributed by atoms with Gasteiger partial charge in [-0.2, -0.15) is 0 Å². The Balaban J connectivity index is 2.03. The summed E-state index contributed by atoms with van der Waals surface area (Å²) >= 11 is 0.